The molecule has 0 aliphatic rings. The van der Waals surface area contributed by atoms with Crippen LogP contribution >= 0.6 is 0 Å². The van der Waals surface area contributed by atoms with Gasteiger partial charge in [0.2, 0.25) is 0 Å². The van der Waals surface area contributed by atoms with Gasteiger partial charge in [-0.3, -0.25) is 4.79 Å². The van der Waals surface area contributed by atoms with Crippen LogP contribution in [0, 0.1) is 0 Å². The number of esters is 1. The van der Waals surface area contributed by atoms with Gasteiger partial charge in [0.15, 0.2) is 0 Å². The fourth-order valence-corrected chi connectivity index (χ4v) is 4.42. The molecule has 0 radical (unpaired) electrons. The first-order valence-corrected chi connectivity index (χ1v) is 13.2. The molecule has 0 saturated carbocycles. The van der Waals surface area contributed by atoms with Gasteiger partial charge in [0, 0.05) is 11.8 Å². The Morgan fingerprint density at radius 1 is 0.676 bits per heavy atom. The Bertz CT molecular complexity index is 1030. The summed E-state index contributed by atoms with van der Waals surface area (Å²) in [5.74, 6) is 0.931. The molecule has 3 aromatic carbocycles. The summed E-state index contributed by atoms with van der Waals surface area (Å²) < 4.78 is 11.5. The first-order valence-electron chi connectivity index (χ1n) is 13.2. The van der Waals surface area contributed by atoms with Crippen LogP contribution in [0.3, 0.4) is 0 Å². The maximum atomic E-state index is 11.7. The highest BCUT2D eigenvalue weighted by molar-refractivity contribution is 6.00. The first-order chi connectivity index (χ1) is 16.4. The second-order valence-electron chi connectivity index (χ2n) is 10.4. The summed E-state index contributed by atoms with van der Waals surface area (Å²) in [6.45, 7) is 6.54. The molecule has 0 fully saturated rings. The fourth-order valence-electron chi connectivity index (χ4n) is 4.42. The van der Waals surface area contributed by atoms with Gasteiger partial charge in [-0.15, -0.1) is 0 Å². The maximum absolute atomic E-state index is 11.7. The number of rotatable bonds is 14. The predicted molar refractivity (Wildman–Crippen MR) is 144 cm³/mol. The van der Waals surface area contributed by atoms with Crippen LogP contribution in [-0.2, 0) is 9.53 Å². The summed E-state index contributed by atoms with van der Waals surface area (Å²) in [5, 5.41) is 4.97. The number of fused-ring (bicyclic) bond motifs is 2. The van der Waals surface area contributed by atoms with Crippen molar-refractivity contribution in [3.05, 3.63) is 54.6 Å². The highest BCUT2D eigenvalue weighted by atomic mass is 16.6. The molecule has 0 aliphatic carbocycles. The summed E-state index contributed by atoms with van der Waals surface area (Å²) in [7, 11) is 0. The number of ether oxygens (including phenoxy) is 2. The summed E-state index contributed by atoms with van der Waals surface area (Å²) in [6, 6.07) is 19.3. The average Bonchev–Trinajstić information content (AvgIpc) is 2.79. The Morgan fingerprint density at radius 3 is 1.88 bits per heavy atom. The molecular formula is C31H42O3. The monoisotopic (exact) mass is 462 g/mol. The Hall–Kier alpha value is -2.55. The van der Waals surface area contributed by atoms with E-state index in [2.05, 4.69) is 54.6 Å². The van der Waals surface area contributed by atoms with Crippen LogP contribution < -0.4 is 4.74 Å². The zero-order valence-electron chi connectivity index (χ0n) is 21.4. The van der Waals surface area contributed by atoms with E-state index >= 15 is 0 Å². The molecule has 3 rings (SSSR count). The van der Waals surface area contributed by atoms with Crippen LogP contribution in [0.15, 0.2) is 54.6 Å². The van der Waals surface area contributed by atoms with E-state index in [0.717, 1.165) is 31.6 Å². The van der Waals surface area contributed by atoms with E-state index in [9.17, 15) is 4.79 Å². The van der Waals surface area contributed by atoms with Crippen molar-refractivity contribution >= 4 is 27.5 Å². The minimum absolute atomic E-state index is 0.0644. The van der Waals surface area contributed by atoms with Crippen LogP contribution in [-0.4, -0.2) is 18.2 Å². The van der Waals surface area contributed by atoms with Crippen molar-refractivity contribution < 1.29 is 14.3 Å². The molecule has 3 heteroatoms. The standard InChI is InChI=1S/C31H42O3/c1-31(2,3)34-30(32)21-12-10-8-6-4-5-7-9-11-15-22-33-29-20-16-19-27-23-25-17-13-14-18-26(25)24-28(27)29/h13-14,16-20,23-24H,4-12,15,21-22H2,1-3H3. The van der Waals surface area contributed by atoms with Gasteiger partial charge in [-0.05, 0) is 68.0 Å². The largest absolute Gasteiger partial charge is 0.493 e. The second kappa shape index (κ2) is 13.4. The van der Waals surface area contributed by atoms with Crippen molar-refractivity contribution in [2.45, 2.75) is 97.0 Å². The molecule has 0 aliphatic heterocycles. The number of carbonyl (C=O) groups is 1. The number of hydrogen-bond donors (Lipinski definition) is 0. The van der Waals surface area contributed by atoms with E-state index in [-0.39, 0.29) is 11.6 Å². The molecular weight excluding hydrogens is 420 g/mol. The summed E-state index contributed by atoms with van der Waals surface area (Å²) in [6.07, 6.45) is 12.6. The molecule has 0 spiro atoms. The summed E-state index contributed by atoms with van der Waals surface area (Å²) in [4.78, 5) is 11.7. The molecule has 3 aromatic rings. The van der Waals surface area contributed by atoms with Crippen molar-refractivity contribution in [2.24, 2.45) is 0 Å². The maximum Gasteiger partial charge on any atom is 0.306 e. The first kappa shape index (κ1) is 26.1. The van der Waals surface area contributed by atoms with Gasteiger partial charge >= 0.3 is 5.97 Å². The van der Waals surface area contributed by atoms with Crippen LogP contribution in [0.5, 0.6) is 5.75 Å². The Balaban J connectivity index is 1.21. The zero-order chi connectivity index (χ0) is 24.2. The van der Waals surface area contributed by atoms with Crippen molar-refractivity contribution in [1.82, 2.24) is 0 Å². The van der Waals surface area contributed by atoms with Gasteiger partial charge < -0.3 is 9.47 Å². The lowest BCUT2D eigenvalue weighted by molar-refractivity contribution is -0.154. The van der Waals surface area contributed by atoms with Gasteiger partial charge in [-0.2, -0.15) is 0 Å². The molecule has 0 bridgehead atoms. The smallest absolute Gasteiger partial charge is 0.306 e. The SMILES string of the molecule is CC(C)(C)OC(=O)CCCCCCCCCCCCOc1cccc2cc3ccccc3cc12. The highest BCUT2D eigenvalue weighted by Crippen LogP contribution is 2.30. The summed E-state index contributed by atoms with van der Waals surface area (Å²) in [5.41, 5.74) is -0.367. The molecule has 0 heterocycles. The Morgan fingerprint density at radius 2 is 1.24 bits per heavy atom. The van der Waals surface area contributed by atoms with Gasteiger partial charge in [0.05, 0.1) is 6.61 Å². The van der Waals surface area contributed by atoms with Crippen LogP contribution in [0.25, 0.3) is 21.5 Å². The molecule has 34 heavy (non-hydrogen) atoms. The lowest BCUT2D eigenvalue weighted by Gasteiger charge is -2.19. The van der Waals surface area contributed by atoms with Crippen molar-refractivity contribution in [3.8, 4) is 5.75 Å². The molecule has 0 aromatic heterocycles. The number of benzene rings is 3. The average molecular weight is 463 g/mol. The van der Waals surface area contributed by atoms with E-state index in [1.807, 2.05) is 20.8 Å². The Kier molecular flexibility index (Phi) is 10.2. The predicted octanol–water partition coefficient (Wildman–Crippen LogP) is 9.00. The van der Waals surface area contributed by atoms with Gasteiger partial charge in [-0.25, -0.2) is 0 Å². The third kappa shape index (κ3) is 9.00. The van der Waals surface area contributed by atoms with Crippen LogP contribution in [0.2, 0.25) is 0 Å². The molecule has 184 valence electrons. The van der Waals surface area contributed by atoms with Gasteiger partial charge in [0.1, 0.15) is 11.4 Å². The fraction of sp³-hybridized carbons (Fsp3) is 0.516. The second-order valence-corrected chi connectivity index (χ2v) is 10.4. The zero-order valence-corrected chi connectivity index (χ0v) is 21.4. The van der Waals surface area contributed by atoms with E-state index in [0.29, 0.717) is 6.42 Å². The topological polar surface area (TPSA) is 35.5 Å². The number of carbonyl (C=O) groups excluding carboxylic acids is 1. The molecule has 0 saturated heterocycles. The van der Waals surface area contributed by atoms with Gasteiger partial charge in [-0.1, -0.05) is 87.8 Å². The van der Waals surface area contributed by atoms with Crippen molar-refractivity contribution in [1.29, 1.82) is 0 Å². The normalized spacial score (nSPS) is 11.7. The summed E-state index contributed by atoms with van der Waals surface area (Å²) >= 11 is 0. The lowest BCUT2D eigenvalue weighted by Crippen LogP contribution is -2.23. The quantitative estimate of drug-likeness (QED) is 0.136. The van der Waals surface area contributed by atoms with E-state index in [1.54, 1.807) is 0 Å². The Labute approximate surface area is 205 Å². The third-order valence-corrected chi connectivity index (χ3v) is 6.16. The highest BCUT2D eigenvalue weighted by Gasteiger charge is 2.15. The molecule has 3 nitrogen and oxygen atoms in total. The number of unbranched alkanes of at least 4 members (excludes halogenated alkanes) is 9. The minimum Gasteiger partial charge on any atom is -0.493 e. The third-order valence-electron chi connectivity index (χ3n) is 6.16. The van der Waals surface area contributed by atoms with Crippen molar-refractivity contribution in [3.63, 3.8) is 0 Å². The molecule has 0 N–H and O–H groups in total. The lowest BCUT2D eigenvalue weighted by atomic mass is 10.0. The number of hydrogen-bond acceptors (Lipinski definition) is 3. The van der Waals surface area contributed by atoms with E-state index in [4.69, 9.17) is 9.47 Å². The van der Waals surface area contributed by atoms with Crippen molar-refractivity contribution in [2.75, 3.05) is 6.61 Å². The minimum atomic E-state index is -0.367. The molecule has 0 unspecified atom stereocenters. The van der Waals surface area contributed by atoms with E-state index in [1.165, 1.54) is 66.5 Å². The van der Waals surface area contributed by atoms with Crippen LogP contribution in [0.1, 0.15) is 91.4 Å². The van der Waals surface area contributed by atoms with Gasteiger partial charge in [0.25, 0.3) is 0 Å². The molecule has 0 atom stereocenters. The van der Waals surface area contributed by atoms with Crippen LogP contribution in [0.4, 0.5) is 0 Å². The van der Waals surface area contributed by atoms with E-state index < -0.39 is 0 Å². The molecule has 0 amide bonds.